The lowest BCUT2D eigenvalue weighted by molar-refractivity contribution is -0.145. The normalized spacial score (nSPS) is 11.7. The van der Waals surface area contributed by atoms with Crippen molar-refractivity contribution in [2.45, 2.75) is 19.9 Å². The third-order valence-electron chi connectivity index (χ3n) is 3.77. The predicted molar refractivity (Wildman–Crippen MR) is 99.3 cm³/mol. The summed E-state index contributed by atoms with van der Waals surface area (Å²) in [5.74, 6) is -1.66. The van der Waals surface area contributed by atoms with Gasteiger partial charge in [-0.15, -0.1) is 0 Å². The summed E-state index contributed by atoms with van der Waals surface area (Å²) < 4.78 is 5.11. The maximum absolute atomic E-state index is 12.4. The van der Waals surface area contributed by atoms with Crippen LogP contribution in [0.25, 0.3) is 0 Å². The van der Waals surface area contributed by atoms with E-state index >= 15 is 0 Å². The number of hydrogen-bond acceptors (Lipinski definition) is 4. The molecular formula is C20H20ClNO4. The molecule has 0 aromatic heterocycles. The van der Waals surface area contributed by atoms with Gasteiger partial charge in [0.15, 0.2) is 12.4 Å². The summed E-state index contributed by atoms with van der Waals surface area (Å²) in [5.41, 5.74) is 0.731. The van der Waals surface area contributed by atoms with Gasteiger partial charge in [-0.1, -0.05) is 67.9 Å². The van der Waals surface area contributed by atoms with Crippen LogP contribution in [0, 0.1) is 5.92 Å². The number of esters is 1. The molecule has 0 spiro atoms. The Labute approximate surface area is 157 Å². The molecule has 0 bridgehead atoms. The molecule has 5 nitrogen and oxygen atoms in total. The molecule has 0 aliphatic rings. The van der Waals surface area contributed by atoms with Crippen molar-refractivity contribution in [1.29, 1.82) is 0 Å². The number of halogens is 1. The van der Waals surface area contributed by atoms with Gasteiger partial charge in [-0.3, -0.25) is 9.59 Å². The number of Topliss-reactive ketones (excluding diaryl/α,β-unsaturated/α-hetero) is 1. The van der Waals surface area contributed by atoms with E-state index in [-0.39, 0.29) is 23.9 Å². The van der Waals surface area contributed by atoms with E-state index in [2.05, 4.69) is 5.32 Å². The maximum atomic E-state index is 12.4. The van der Waals surface area contributed by atoms with Gasteiger partial charge in [0.1, 0.15) is 6.04 Å². The van der Waals surface area contributed by atoms with Gasteiger partial charge in [0, 0.05) is 5.56 Å². The number of carbonyl (C=O) groups is 3. The van der Waals surface area contributed by atoms with E-state index in [9.17, 15) is 14.4 Å². The lowest BCUT2D eigenvalue weighted by Crippen LogP contribution is -2.45. The highest BCUT2D eigenvalue weighted by atomic mass is 35.5. The zero-order valence-corrected chi connectivity index (χ0v) is 15.3. The number of amides is 1. The molecule has 1 N–H and O–H groups in total. The van der Waals surface area contributed by atoms with E-state index in [1.165, 1.54) is 0 Å². The summed E-state index contributed by atoms with van der Waals surface area (Å²) in [7, 11) is 0. The lowest BCUT2D eigenvalue weighted by Gasteiger charge is -2.21. The minimum absolute atomic E-state index is 0.222. The topological polar surface area (TPSA) is 72.5 Å². The van der Waals surface area contributed by atoms with Crippen LogP contribution < -0.4 is 5.32 Å². The molecule has 0 aliphatic heterocycles. The first-order valence-corrected chi connectivity index (χ1v) is 8.58. The van der Waals surface area contributed by atoms with Crippen molar-refractivity contribution in [3.8, 4) is 0 Å². The van der Waals surface area contributed by atoms with Crippen molar-refractivity contribution in [3.63, 3.8) is 0 Å². The van der Waals surface area contributed by atoms with Gasteiger partial charge in [0.05, 0.1) is 10.6 Å². The smallest absolute Gasteiger partial charge is 0.329 e. The van der Waals surface area contributed by atoms with E-state index in [1.54, 1.807) is 68.4 Å². The summed E-state index contributed by atoms with van der Waals surface area (Å²) in [5, 5.41) is 2.92. The van der Waals surface area contributed by atoms with E-state index in [4.69, 9.17) is 16.3 Å². The van der Waals surface area contributed by atoms with Crippen molar-refractivity contribution < 1.29 is 19.1 Å². The standard InChI is InChI=1S/C20H20ClNO4/c1-13(2)18(22-19(24)15-10-6-7-11-16(15)21)20(25)26-12-17(23)14-8-4-3-5-9-14/h3-11,13,18H,12H2,1-2H3,(H,22,24)/t18-/m1/s1. The highest BCUT2D eigenvalue weighted by molar-refractivity contribution is 6.33. The molecule has 0 aliphatic carbocycles. The molecule has 2 aromatic carbocycles. The fourth-order valence-electron chi connectivity index (χ4n) is 2.30. The van der Waals surface area contributed by atoms with E-state index in [1.807, 2.05) is 0 Å². The molecule has 0 saturated carbocycles. The molecule has 0 fully saturated rings. The Bertz CT molecular complexity index is 789. The first-order chi connectivity index (χ1) is 12.4. The molecule has 6 heteroatoms. The predicted octanol–water partition coefficient (Wildman–Crippen LogP) is 3.52. The Morgan fingerprint density at radius 2 is 1.62 bits per heavy atom. The number of ketones is 1. The Morgan fingerprint density at radius 1 is 1.00 bits per heavy atom. The van der Waals surface area contributed by atoms with E-state index < -0.39 is 17.9 Å². The SMILES string of the molecule is CC(C)[C@@H](NC(=O)c1ccccc1Cl)C(=O)OCC(=O)c1ccccc1. The number of hydrogen-bond donors (Lipinski definition) is 1. The summed E-state index contributed by atoms with van der Waals surface area (Å²) in [6.45, 7) is 3.17. The number of ether oxygens (including phenoxy) is 1. The second-order valence-electron chi connectivity index (χ2n) is 6.07. The third kappa shape index (κ3) is 5.17. The van der Waals surface area contributed by atoms with Gasteiger partial charge < -0.3 is 10.1 Å². The summed E-state index contributed by atoms with van der Waals surface area (Å²) in [6, 6.07) is 14.2. The second kappa shape index (κ2) is 9.15. The van der Waals surface area contributed by atoms with Crippen LogP contribution in [-0.2, 0) is 9.53 Å². The molecule has 136 valence electrons. The van der Waals surface area contributed by atoms with Crippen molar-refractivity contribution in [1.82, 2.24) is 5.32 Å². The number of rotatable bonds is 7. The Kier molecular flexibility index (Phi) is 6.92. The quantitative estimate of drug-likeness (QED) is 0.595. The van der Waals surface area contributed by atoms with Gasteiger partial charge in [-0.25, -0.2) is 4.79 Å². The minimum atomic E-state index is -0.887. The highest BCUT2D eigenvalue weighted by Crippen LogP contribution is 2.16. The summed E-state index contributed by atoms with van der Waals surface area (Å²) in [4.78, 5) is 36.8. The molecule has 26 heavy (non-hydrogen) atoms. The summed E-state index contributed by atoms with van der Waals surface area (Å²) >= 11 is 6.01. The van der Waals surface area contributed by atoms with Gasteiger partial charge >= 0.3 is 5.97 Å². The Morgan fingerprint density at radius 3 is 2.23 bits per heavy atom. The van der Waals surface area contributed by atoms with Gasteiger partial charge in [-0.2, -0.15) is 0 Å². The molecule has 1 atom stereocenters. The fourth-order valence-corrected chi connectivity index (χ4v) is 2.52. The molecule has 0 saturated heterocycles. The molecule has 1 amide bonds. The Balaban J connectivity index is 2.00. The van der Waals surface area contributed by atoms with Crippen molar-refractivity contribution in [2.24, 2.45) is 5.92 Å². The van der Waals surface area contributed by atoms with Crippen LogP contribution in [0.5, 0.6) is 0 Å². The van der Waals surface area contributed by atoms with Crippen LogP contribution in [0.15, 0.2) is 54.6 Å². The van der Waals surface area contributed by atoms with Crippen LogP contribution in [0.3, 0.4) is 0 Å². The van der Waals surface area contributed by atoms with Crippen LogP contribution >= 0.6 is 11.6 Å². The second-order valence-corrected chi connectivity index (χ2v) is 6.48. The molecule has 0 radical (unpaired) electrons. The van der Waals surface area contributed by atoms with Crippen LogP contribution in [0.2, 0.25) is 5.02 Å². The summed E-state index contributed by atoms with van der Waals surface area (Å²) in [6.07, 6.45) is 0. The van der Waals surface area contributed by atoms with E-state index in [0.717, 1.165) is 0 Å². The average molecular weight is 374 g/mol. The zero-order chi connectivity index (χ0) is 19.1. The lowest BCUT2D eigenvalue weighted by atomic mass is 10.0. The molecular weight excluding hydrogens is 354 g/mol. The zero-order valence-electron chi connectivity index (χ0n) is 14.6. The maximum Gasteiger partial charge on any atom is 0.329 e. The first kappa shape index (κ1) is 19.7. The van der Waals surface area contributed by atoms with Gasteiger partial charge in [-0.05, 0) is 18.1 Å². The minimum Gasteiger partial charge on any atom is -0.456 e. The van der Waals surface area contributed by atoms with Crippen LogP contribution in [0.1, 0.15) is 34.6 Å². The molecule has 0 unspecified atom stereocenters. The molecule has 2 rings (SSSR count). The molecule has 0 heterocycles. The number of benzene rings is 2. The fraction of sp³-hybridized carbons (Fsp3) is 0.250. The molecule has 2 aromatic rings. The van der Waals surface area contributed by atoms with E-state index in [0.29, 0.717) is 10.6 Å². The van der Waals surface area contributed by atoms with Gasteiger partial charge in [0.2, 0.25) is 0 Å². The van der Waals surface area contributed by atoms with Crippen molar-refractivity contribution in [3.05, 3.63) is 70.7 Å². The third-order valence-corrected chi connectivity index (χ3v) is 4.10. The monoisotopic (exact) mass is 373 g/mol. The van der Waals surface area contributed by atoms with Crippen LogP contribution in [-0.4, -0.2) is 30.3 Å². The largest absolute Gasteiger partial charge is 0.456 e. The van der Waals surface area contributed by atoms with Crippen molar-refractivity contribution >= 4 is 29.3 Å². The van der Waals surface area contributed by atoms with Crippen LogP contribution in [0.4, 0.5) is 0 Å². The average Bonchev–Trinajstić information content (AvgIpc) is 2.64. The Hall–Kier alpha value is -2.66. The van der Waals surface area contributed by atoms with Gasteiger partial charge in [0.25, 0.3) is 5.91 Å². The number of nitrogens with one attached hydrogen (secondary N) is 1. The first-order valence-electron chi connectivity index (χ1n) is 8.20. The highest BCUT2D eigenvalue weighted by Gasteiger charge is 2.27. The van der Waals surface area contributed by atoms with Crippen molar-refractivity contribution in [2.75, 3.05) is 6.61 Å². The number of carbonyl (C=O) groups excluding carboxylic acids is 3.